The molecule has 132 valence electrons. The van der Waals surface area contributed by atoms with Gasteiger partial charge in [-0.2, -0.15) is 0 Å². The molecule has 2 aromatic rings. The summed E-state index contributed by atoms with van der Waals surface area (Å²) in [5.41, 5.74) is 2.58. The van der Waals surface area contributed by atoms with E-state index in [9.17, 15) is 4.79 Å². The van der Waals surface area contributed by atoms with Crippen LogP contribution in [0, 0.1) is 0 Å². The number of hydrogen-bond acceptors (Lipinski definition) is 3. The molecule has 0 saturated heterocycles. The number of thioether (sulfide) groups is 1. The van der Waals surface area contributed by atoms with Gasteiger partial charge in [-0.25, -0.2) is 0 Å². The Morgan fingerprint density at radius 2 is 1.92 bits per heavy atom. The molecule has 0 unspecified atom stereocenters. The first-order valence-corrected chi connectivity index (χ1v) is 9.84. The van der Waals surface area contributed by atoms with Crippen LogP contribution in [0.25, 0.3) is 0 Å². The molecule has 3 nitrogen and oxygen atoms in total. The minimum absolute atomic E-state index is 0.158. The van der Waals surface area contributed by atoms with Gasteiger partial charge in [-0.3, -0.25) is 9.78 Å². The van der Waals surface area contributed by atoms with Crippen LogP contribution >= 0.6 is 11.8 Å². The van der Waals surface area contributed by atoms with E-state index in [4.69, 9.17) is 0 Å². The minimum atomic E-state index is 0.158. The lowest BCUT2D eigenvalue weighted by Crippen LogP contribution is -2.34. The average molecular weight is 355 g/mol. The molecular weight excluding hydrogens is 328 g/mol. The quantitative estimate of drug-likeness (QED) is 0.707. The number of aromatic nitrogens is 1. The Morgan fingerprint density at radius 3 is 2.48 bits per heavy atom. The number of carbonyl (C=O) groups is 1. The van der Waals surface area contributed by atoms with Gasteiger partial charge in [0.25, 0.3) is 0 Å². The summed E-state index contributed by atoms with van der Waals surface area (Å²) in [6, 6.07) is 13.0. The Labute approximate surface area is 154 Å². The SMILES string of the molecule is CC(C)(C)c1ccc(SCC(=O)N(Cc2cccnc2)C2CC2)cc1. The molecule has 1 aromatic carbocycles. The molecule has 0 N–H and O–H groups in total. The van der Waals surface area contributed by atoms with Crippen molar-refractivity contribution in [2.45, 2.75) is 56.5 Å². The zero-order valence-electron chi connectivity index (χ0n) is 15.2. The maximum absolute atomic E-state index is 12.7. The van der Waals surface area contributed by atoms with Crippen molar-refractivity contribution < 1.29 is 4.79 Å². The van der Waals surface area contributed by atoms with Gasteiger partial charge < -0.3 is 4.90 Å². The first kappa shape index (κ1) is 18.0. The molecule has 25 heavy (non-hydrogen) atoms. The van der Waals surface area contributed by atoms with Gasteiger partial charge in [-0.15, -0.1) is 11.8 Å². The summed E-state index contributed by atoms with van der Waals surface area (Å²) in [7, 11) is 0. The number of hydrogen-bond donors (Lipinski definition) is 0. The van der Waals surface area contributed by atoms with Gasteiger partial charge in [-0.05, 0) is 47.6 Å². The summed E-state index contributed by atoms with van der Waals surface area (Å²) in [5, 5.41) is 0. The third-order valence-corrected chi connectivity index (χ3v) is 5.46. The predicted octanol–water partition coefficient (Wildman–Crippen LogP) is 4.66. The normalized spacial score (nSPS) is 14.4. The van der Waals surface area contributed by atoms with E-state index in [0.29, 0.717) is 18.3 Å². The Bertz CT molecular complexity index is 703. The second kappa shape index (κ2) is 7.61. The van der Waals surface area contributed by atoms with E-state index in [2.05, 4.69) is 50.0 Å². The highest BCUT2D eigenvalue weighted by Gasteiger charge is 2.32. The zero-order chi connectivity index (χ0) is 17.9. The van der Waals surface area contributed by atoms with E-state index in [0.717, 1.165) is 23.3 Å². The van der Waals surface area contributed by atoms with Gasteiger partial charge in [0.1, 0.15) is 0 Å². The summed E-state index contributed by atoms with van der Waals surface area (Å²) >= 11 is 1.63. The number of nitrogens with zero attached hydrogens (tertiary/aromatic N) is 2. The fourth-order valence-electron chi connectivity index (χ4n) is 2.77. The molecule has 1 amide bonds. The molecule has 1 saturated carbocycles. The van der Waals surface area contributed by atoms with Crippen LogP contribution in [0.15, 0.2) is 53.7 Å². The molecule has 0 bridgehead atoms. The van der Waals surface area contributed by atoms with Crippen LogP contribution in [0.3, 0.4) is 0 Å². The number of rotatable bonds is 6. The van der Waals surface area contributed by atoms with Crippen LogP contribution in [0.2, 0.25) is 0 Å². The molecule has 0 aliphatic heterocycles. The van der Waals surface area contributed by atoms with Gasteiger partial charge >= 0.3 is 0 Å². The van der Waals surface area contributed by atoms with Gasteiger partial charge in [0.05, 0.1) is 5.75 Å². The van der Waals surface area contributed by atoms with Gasteiger partial charge in [-0.1, -0.05) is 39.0 Å². The zero-order valence-corrected chi connectivity index (χ0v) is 16.1. The third kappa shape index (κ3) is 5.08. The molecule has 1 aromatic heterocycles. The monoisotopic (exact) mass is 354 g/mol. The van der Waals surface area contributed by atoms with Crippen LogP contribution in [-0.2, 0) is 16.8 Å². The van der Waals surface area contributed by atoms with E-state index in [1.54, 1.807) is 18.0 Å². The lowest BCUT2D eigenvalue weighted by molar-refractivity contribution is -0.129. The molecule has 0 atom stereocenters. The molecular formula is C21H26N2OS. The maximum atomic E-state index is 12.7. The first-order chi connectivity index (χ1) is 11.9. The average Bonchev–Trinajstić information content (AvgIpc) is 3.43. The van der Waals surface area contributed by atoms with Crippen molar-refractivity contribution in [1.29, 1.82) is 0 Å². The highest BCUT2D eigenvalue weighted by Crippen LogP contribution is 2.30. The van der Waals surface area contributed by atoms with E-state index < -0.39 is 0 Å². The van der Waals surface area contributed by atoms with Crippen molar-refractivity contribution in [2.24, 2.45) is 0 Å². The number of amides is 1. The Hall–Kier alpha value is -1.81. The van der Waals surface area contributed by atoms with Crippen molar-refractivity contribution >= 4 is 17.7 Å². The van der Waals surface area contributed by atoms with Gasteiger partial charge in [0.15, 0.2) is 0 Å². The smallest absolute Gasteiger partial charge is 0.233 e. The van der Waals surface area contributed by atoms with Crippen LogP contribution in [0.5, 0.6) is 0 Å². The Kier molecular flexibility index (Phi) is 5.48. The van der Waals surface area contributed by atoms with Crippen LogP contribution < -0.4 is 0 Å². The summed E-state index contributed by atoms with van der Waals surface area (Å²) < 4.78 is 0. The van der Waals surface area contributed by atoms with E-state index in [-0.39, 0.29) is 11.3 Å². The van der Waals surface area contributed by atoms with Gasteiger partial charge in [0.2, 0.25) is 5.91 Å². The Morgan fingerprint density at radius 1 is 1.20 bits per heavy atom. The second-order valence-electron chi connectivity index (χ2n) is 7.68. The minimum Gasteiger partial charge on any atom is -0.335 e. The molecule has 4 heteroatoms. The van der Waals surface area contributed by atoms with Crippen molar-refractivity contribution in [2.75, 3.05) is 5.75 Å². The summed E-state index contributed by atoms with van der Waals surface area (Å²) in [6.07, 6.45) is 5.86. The summed E-state index contributed by atoms with van der Waals surface area (Å²) in [6.45, 7) is 7.31. The number of benzene rings is 1. The number of pyridine rings is 1. The maximum Gasteiger partial charge on any atom is 0.233 e. The summed E-state index contributed by atoms with van der Waals surface area (Å²) in [5.74, 6) is 0.710. The van der Waals surface area contributed by atoms with Crippen molar-refractivity contribution in [1.82, 2.24) is 9.88 Å². The molecule has 0 spiro atoms. The molecule has 0 radical (unpaired) electrons. The largest absolute Gasteiger partial charge is 0.335 e. The fraction of sp³-hybridized carbons (Fsp3) is 0.429. The lowest BCUT2D eigenvalue weighted by Gasteiger charge is -2.22. The molecule has 1 aliphatic rings. The third-order valence-electron chi connectivity index (χ3n) is 4.47. The highest BCUT2D eigenvalue weighted by molar-refractivity contribution is 8.00. The standard InChI is InChI=1S/C21H26N2OS/c1-21(2,3)17-6-10-19(11-7-17)25-15-20(24)23(18-8-9-18)14-16-5-4-12-22-13-16/h4-7,10-13,18H,8-9,14-15H2,1-3H3. The van der Waals surface area contributed by atoms with Crippen molar-refractivity contribution in [3.63, 3.8) is 0 Å². The number of carbonyl (C=O) groups excluding carboxylic acids is 1. The van der Waals surface area contributed by atoms with Crippen molar-refractivity contribution in [3.05, 3.63) is 59.9 Å². The lowest BCUT2D eigenvalue weighted by atomic mass is 9.87. The van der Waals surface area contributed by atoms with Crippen LogP contribution in [-0.4, -0.2) is 27.6 Å². The highest BCUT2D eigenvalue weighted by atomic mass is 32.2. The molecule has 1 fully saturated rings. The van der Waals surface area contributed by atoms with E-state index >= 15 is 0 Å². The van der Waals surface area contributed by atoms with Gasteiger partial charge in [0, 0.05) is 29.9 Å². The fourth-order valence-corrected chi connectivity index (χ4v) is 3.56. The Balaban J connectivity index is 1.58. The van der Waals surface area contributed by atoms with Crippen LogP contribution in [0.1, 0.15) is 44.7 Å². The topological polar surface area (TPSA) is 33.2 Å². The van der Waals surface area contributed by atoms with E-state index in [1.807, 2.05) is 23.2 Å². The second-order valence-corrected chi connectivity index (χ2v) is 8.73. The molecule has 3 rings (SSSR count). The first-order valence-electron chi connectivity index (χ1n) is 8.85. The van der Waals surface area contributed by atoms with Crippen molar-refractivity contribution in [3.8, 4) is 0 Å². The molecule has 1 heterocycles. The summed E-state index contributed by atoms with van der Waals surface area (Å²) in [4.78, 5) is 20.0. The van der Waals surface area contributed by atoms with E-state index in [1.165, 1.54) is 5.56 Å². The predicted molar refractivity (Wildman–Crippen MR) is 104 cm³/mol. The van der Waals surface area contributed by atoms with Crippen LogP contribution in [0.4, 0.5) is 0 Å². The molecule has 1 aliphatic carbocycles.